The standard InChI is InChI=1S/C15H26N2O/c1-12(2)8-10-16-9-4-5-15(16)11-17(13(3)18)14-6-7-14/h8,14-15H,4-7,9-11H2,1-3H3/t15-/m0/s1. The largest absolute Gasteiger partial charge is 0.338 e. The summed E-state index contributed by atoms with van der Waals surface area (Å²) in [5.41, 5.74) is 1.38. The molecule has 1 amide bonds. The molecule has 3 heteroatoms. The highest BCUT2D eigenvalue weighted by Crippen LogP contribution is 2.29. The molecule has 0 spiro atoms. The van der Waals surface area contributed by atoms with E-state index in [4.69, 9.17) is 0 Å². The van der Waals surface area contributed by atoms with Gasteiger partial charge < -0.3 is 4.90 Å². The van der Waals surface area contributed by atoms with Crippen molar-refractivity contribution in [3.8, 4) is 0 Å². The first kappa shape index (κ1) is 13.6. The van der Waals surface area contributed by atoms with Crippen LogP contribution in [0, 0.1) is 0 Å². The molecule has 2 fully saturated rings. The summed E-state index contributed by atoms with van der Waals surface area (Å²) >= 11 is 0. The summed E-state index contributed by atoms with van der Waals surface area (Å²) in [7, 11) is 0. The van der Waals surface area contributed by atoms with Crippen LogP contribution in [-0.4, -0.2) is 47.4 Å². The van der Waals surface area contributed by atoms with E-state index in [-0.39, 0.29) is 5.91 Å². The molecule has 0 aromatic rings. The molecule has 1 atom stereocenters. The fourth-order valence-corrected chi connectivity index (χ4v) is 2.79. The Hall–Kier alpha value is -0.830. The maximum atomic E-state index is 11.7. The van der Waals surface area contributed by atoms with E-state index in [1.807, 2.05) is 0 Å². The number of amides is 1. The second-order valence-electron chi connectivity index (χ2n) is 5.98. The molecule has 0 radical (unpaired) electrons. The van der Waals surface area contributed by atoms with Crippen molar-refractivity contribution in [1.29, 1.82) is 0 Å². The molecule has 3 nitrogen and oxygen atoms in total. The number of nitrogens with zero attached hydrogens (tertiary/aromatic N) is 2. The number of likely N-dealkylation sites (tertiary alicyclic amines) is 1. The Kier molecular flexibility index (Phi) is 4.44. The van der Waals surface area contributed by atoms with Crippen molar-refractivity contribution in [1.82, 2.24) is 9.80 Å². The average Bonchev–Trinajstić information content (AvgIpc) is 3.03. The van der Waals surface area contributed by atoms with Gasteiger partial charge in [-0.3, -0.25) is 9.69 Å². The molecule has 102 valence electrons. The summed E-state index contributed by atoms with van der Waals surface area (Å²) in [6, 6.07) is 1.12. The molecule has 1 aliphatic heterocycles. The van der Waals surface area contributed by atoms with Gasteiger partial charge in [0.15, 0.2) is 0 Å². The van der Waals surface area contributed by atoms with Gasteiger partial charge in [0.2, 0.25) is 5.91 Å². The number of rotatable bonds is 5. The van der Waals surface area contributed by atoms with Crippen LogP contribution in [0.5, 0.6) is 0 Å². The summed E-state index contributed by atoms with van der Waals surface area (Å²) in [6.45, 7) is 9.19. The summed E-state index contributed by atoms with van der Waals surface area (Å²) in [5.74, 6) is 0.256. The zero-order valence-electron chi connectivity index (χ0n) is 12.0. The lowest BCUT2D eigenvalue weighted by Crippen LogP contribution is -2.43. The van der Waals surface area contributed by atoms with Gasteiger partial charge in [0.1, 0.15) is 0 Å². The molecule has 0 unspecified atom stereocenters. The van der Waals surface area contributed by atoms with Crippen LogP contribution in [0.3, 0.4) is 0 Å². The number of allylic oxidation sites excluding steroid dienone is 1. The highest BCUT2D eigenvalue weighted by atomic mass is 16.2. The zero-order chi connectivity index (χ0) is 13.1. The maximum Gasteiger partial charge on any atom is 0.219 e. The van der Waals surface area contributed by atoms with Crippen LogP contribution in [0.25, 0.3) is 0 Å². The van der Waals surface area contributed by atoms with E-state index in [9.17, 15) is 4.79 Å². The lowest BCUT2D eigenvalue weighted by Gasteiger charge is -2.30. The minimum atomic E-state index is 0.256. The van der Waals surface area contributed by atoms with Gasteiger partial charge >= 0.3 is 0 Å². The van der Waals surface area contributed by atoms with E-state index in [1.54, 1.807) is 6.92 Å². The Morgan fingerprint density at radius 3 is 2.56 bits per heavy atom. The smallest absolute Gasteiger partial charge is 0.219 e. The minimum Gasteiger partial charge on any atom is -0.338 e. The third kappa shape index (κ3) is 3.58. The molecule has 0 bridgehead atoms. The van der Waals surface area contributed by atoms with Crippen LogP contribution in [0.15, 0.2) is 11.6 Å². The molecular weight excluding hydrogens is 224 g/mol. The molecule has 18 heavy (non-hydrogen) atoms. The van der Waals surface area contributed by atoms with Crippen molar-refractivity contribution < 1.29 is 4.79 Å². The first-order chi connectivity index (χ1) is 8.58. The lowest BCUT2D eigenvalue weighted by molar-refractivity contribution is -0.130. The molecule has 0 aromatic carbocycles. The molecule has 0 N–H and O–H groups in total. The predicted molar refractivity (Wildman–Crippen MR) is 74.4 cm³/mol. The third-order valence-corrected chi connectivity index (χ3v) is 4.03. The van der Waals surface area contributed by atoms with E-state index in [2.05, 4.69) is 29.7 Å². The molecule has 1 saturated heterocycles. The van der Waals surface area contributed by atoms with E-state index in [0.29, 0.717) is 12.1 Å². The summed E-state index contributed by atoms with van der Waals surface area (Å²) in [6.07, 6.45) is 7.23. The number of carbonyl (C=O) groups excluding carboxylic acids is 1. The number of hydrogen-bond donors (Lipinski definition) is 0. The number of carbonyl (C=O) groups is 1. The normalized spacial score (nSPS) is 24.1. The van der Waals surface area contributed by atoms with Crippen LogP contribution in [0.4, 0.5) is 0 Å². The van der Waals surface area contributed by atoms with Crippen LogP contribution in [0.1, 0.15) is 46.5 Å². The zero-order valence-corrected chi connectivity index (χ0v) is 12.0. The van der Waals surface area contributed by atoms with Crippen molar-refractivity contribution in [3.05, 3.63) is 11.6 Å². The van der Waals surface area contributed by atoms with Crippen LogP contribution in [0.2, 0.25) is 0 Å². The molecule has 1 saturated carbocycles. The third-order valence-electron chi connectivity index (χ3n) is 4.03. The highest BCUT2D eigenvalue weighted by Gasteiger charge is 2.34. The summed E-state index contributed by atoms with van der Waals surface area (Å²) < 4.78 is 0. The van der Waals surface area contributed by atoms with Gasteiger partial charge in [-0.25, -0.2) is 0 Å². The first-order valence-electron chi connectivity index (χ1n) is 7.22. The fourth-order valence-electron chi connectivity index (χ4n) is 2.79. The Labute approximate surface area is 111 Å². The lowest BCUT2D eigenvalue weighted by atomic mass is 10.2. The Balaban J connectivity index is 1.90. The second kappa shape index (κ2) is 5.87. The molecule has 1 aliphatic carbocycles. The Morgan fingerprint density at radius 2 is 2.00 bits per heavy atom. The predicted octanol–water partition coefficient (Wildman–Crippen LogP) is 2.43. The summed E-state index contributed by atoms with van der Waals surface area (Å²) in [5, 5.41) is 0. The van der Waals surface area contributed by atoms with Gasteiger partial charge in [0, 0.05) is 32.1 Å². The Morgan fingerprint density at radius 1 is 1.28 bits per heavy atom. The van der Waals surface area contributed by atoms with E-state index >= 15 is 0 Å². The fraction of sp³-hybridized carbons (Fsp3) is 0.800. The molecule has 2 rings (SSSR count). The van der Waals surface area contributed by atoms with E-state index in [0.717, 1.165) is 13.1 Å². The molecular formula is C15H26N2O. The van der Waals surface area contributed by atoms with E-state index < -0.39 is 0 Å². The van der Waals surface area contributed by atoms with Gasteiger partial charge in [0.05, 0.1) is 0 Å². The topological polar surface area (TPSA) is 23.6 Å². The Bertz CT molecular complexity index is 329. The minimum absolute atomic E-state index is 0.256. The van der Waals surface area contributed by atoms with Crippen molar-refractivity contribution in [2.75, 3.05) is 19.6 Å². The highest BCUT2D eigenvalue weighted by molar-refractivity contribution is 5.74. The molecule has 2 aliphatic rings. The van der Waals surface area contributed by atoms with Crippen molar-refractivity contribution >= 4 is 5.91 Å². The van der Waals surface area contributed by atoms with Crippen molar-refractivity contribution in [3.63, 3.8) is 0 Å². The summed E-state index contributed by atoms with van der Waals surface area (Å²) in [4.78, 5) is 16.3. The maximum absolute atomic E-state index is 11.7. The average molecular weight is 250 g/mol. The van der Waals surface area contributed by atoms with Gasteiger partial charge in [-0.2, -0.15) is 0 Å². The SMILES string of the molecule is CC(=O)N(C[C@@H]1CCCN1CC=C(C)C)C1CC1. The number of hydrogen-bond acceptors (Lipinski definition) is 2. The van der Waals surface area contributed by atoms with E-state index in [1.165, 1.54) is 37.8 Å². The van der Waals surface area contributed by atoms with Crippen LogP contribution in [-0.2, 0) is 4.79 Å². The molecule has 1 heterocycles. The van der Waals surface area contributed by atoms with Crippen LogP contribution >= 0.6 is 0 Å². The quantitative estimate of drug-likeness (QED) is 0.700. The van der Waals surface area contributed by atoms with Gasteiger partial charge in [0.25, 0.3) is 0 Å². The van der Waals surface area contributed by atoms with Crippen molar-refractivity contribution in [2.45, 2.75) is 58.5 Å². The van der Waals surface area contributed by atoms with Crippen molar-refractivity contribution in [2.24, 2.45) is 0 Å². The first-order valence-corrected chi connectivity index (χ1v) is 7.22. The van der Waals surface area contributed by atoms with Crippen LogP contribution < -0.4 is 0 Å². The van der Waals surface area contributed by atoms with Gasteiger partial charge in [-0.15, -0.1) is 0 Å². The monoisotopic (exact) mass is 250 g/mol. The van der Waals surface area contributed by atoms with Gasteiger partial charge in [-0.05, 0) is 46.1 Å². The molecule has 0 aromatic heterocycles. The second-order valence-corrected chi connectivity index (χ2v) is 5.98. The van der Waals surface area contributed by atoms with Gasteiger partial charge in [-0.1, -0.05) is 11.6 Å².